The number of ether oxygens (including phenoxy) is 1. The number of nitrogens with zero attached hydrogens (tertiary/aromatic N) is 4. The fraction of sp³-hybridized carbons (Fsp3) is 0.250. The summed E-state index contributed by atoms with van der Waals surface area (Å²) in [5.41, 5.74) is 4.44. The molecule has 4 rings (SSSR count). The van der Waals surface area contributed by atoms with Crippen molar-refractivity contribution in [2.75, 3.05) is 24.7 Å². The number of carbonyl (C=O) groups is 1. The zero-order chi connectivity index (χ0) is 27.4. The van der Waals surface area contributed by atoms with Crippen molar-refractivity contribution in [2.45, 2.75) is 26.9 Å². The van der Waals surface area contributed by atoms with E-state index in [0.717, 1.165) is 22.3 Å². The Morgan fingerprint density at radius 1 is 1.00 bits per heavy atom. The van der Waals surface area contributed by atoms with Crippen LogP contribution < -0.4 is 9.04 Å². The van der Waals surface area contributed by atoms with E-state index in [1.54, 1.807) is 44.5 Å². The van der Waals surface area contributed by atoms with Gasteiger partial charge in [0.1, 0.15) is 5.75 Å². The van der Waals surface area contributed by atoms with E-state index in [-0.39, 0.29) is 19.0 Å². The number of rotatable bonds is 9. The molecule has 0 fully saturated rings. The van der Waals surface area contributed by atoms with Gasteiger partial charge in [0, 0.05) is 18.2 Å². The van der Waals surface area contributed by atoms with Crippen LogP contribution in [0.25, 0.3) is 11.4 Å². The molecular formula is C28H30N4O5S. The molecule has 1 aromatic heterocycles. The smallest absolute Gasteiger partial charge is 0.254 e. The van der Waals surface area contributed by atoms with Crippen LogP contribution in [0.5, 0.6) is 5.75 Å². The topological polar surface area (TPSA) is 106 Å². The molecule has 3 aromatic carbocycles. The summed E-state index contributed by atoms with van der Waals surface area (Å²) < 4.78 is 37.2. The fourth-order valence-corrected chi connectivity index (χ4v) is 4.92. The second-order valence-corrected chi connectivity index (χ2v) is 11.1. The van der Waals surface area contributed by atoms with Crippen molar-refractivity contribution in [3.8, 4) is 17.1 Å². The van der Waals surface area contributed by atoms with Crippen LogP contribution in [0.3, 0.4) is 0 Å². The van der Waals surface area contributed by atoms with Gasteiger partial charge in [0.15, 0.2) is 0 Å². The van der Waals surface area contributed by atoms with Gasteiger partial charge in [0.2, 0.25) is 21.7 Å². The molecule has 0 bridgehead atoms. The van der Waals surface area contributed by atoms with E-state index in [2.05, 4.69) is 10.1 Å². The van der Waals surface area contributed by atoms with Gasteiger partial charge in [-0.05, 0) is 60.9 Å². The molecule has 0 spiro atoms. The summed E-state index contributed by atoms with van der Waals surface area (Å²) in [5.74, 6) is 1.15. The van der Waals surface area contributed by atoms with Crippen molar-refractivity contribution >= 4 is 21.6 Å². The van der Waals surface area contributed by atoms with Gasteiger partial charge in [-0.15, -0.1) is 0 Å². The minimum absolute atomic E-state index is 0.131. The quantitative estimate of drug-likeness (QED) is 0.309. The standard InChI is InChI=1S/C28H30N4O5S/c1-19-9-10-20(2)25(15-19)32(38(5,34)35)17-21-11-13-22(14-12-21)28(33)31(3)18-26-29-27(30-37-26)23-7-6-8-24(16-23)36-4/h6-16H,17-18H2,1-5H3. The summed E-state index contributed by atoms with van der Waals surface area (Å²) in [5, 5.41) is 4.01. The highest BCUT2D eigenvalue weighted by molar-refractivity contribution is 7.92. The average Bonchev–Trinajstić information content (AvgIpc) is 3.36. The monoisotopic (exact) mass is 534 g/mol. The van der Waals surface area contributed by atoms with Crippen LogP contribution in [-0.2, 0) is 23.1 Å². The van der Waals surface area contributed by atoms with E-state index in [1.165, 1.54) is 15.5 Å². The molecule has 198 valence electrons. The highest BCUT2D eigenvalue weighted by Crippen LogP contribution is 2.26. The Kier molecular flexibility index (Phi) is 7.82. The molecule has 10 heteroatoms. The van der Waals surface area contributed by atoms with Gasteiger partial charge < -0.3 is 14.2 Å². The van der Waals surface area contributed by atoms with Crippen LogP contribution in [0.4, 0.5) is 5.69 Å². The first-order valence-electron chi connectivity index (χ1n) is 11.9. The molecule has 0 saturated carbocycles. The Morgan fingerprint density at radius 2 is 1.74 bits per heavy atom. The maximum absolute atomic E-state index is 13.0. The minimum Gasteiger partial charge on any atom is -0.497 e. The van der Waals surface area contributed by atoms with Crippen molar-refractivity contribution < 1.29 is 22.5 Å². The summed E-state index contributed by atoms with van der Waals surface area (Å²) in [4.78, 5) is 18.9. The van der Waals surface area contributed by atoms with Crippen LogP contribution >= 0.6 is 0 Å². The predicted octanol–water partition coefficient (Wildman–Crippen LogP) is 4.60. The Balaban J connectivity index is 1.45. The third kappa shape index (κ3) is 6.20. The fourth-order valence-electron chi connectivity index (χ4n) is 3.98. The summed E-state index contributed by atoms with van der Waals surface area (Å²) in [6, 6.07) is 19.9. The highest BCUT2D eigenvalue weighted by Gasteiger charge is 2.21. The lowest BCUT2D eigenvalue weighted by Gasteiger charge is -2.25. The summed E-state index contributed by atoms with van der Waals surface area (Å²) >= 11 is 0. The highest BCUT2D eigenvalue weighted by atomic mass is 32.2. The molecule has 38 heavy (non-hydrogen) atoms. The number of hydrogen-bond donors (Lipinski definition) is 0. The first kappa shape index (κ1) is 26.9. The van der Waals surface area contributed by atoms with Crippen molar-refractivity contribution in [2.24, 2.45) is 0 Å². The van der Waals surface area contributed by atoms with Crippen molar-refractivity contribution in [3.05, 3.63) is 94.9 Å². The van der Waals surface area contributed by atoms with Gasteiger partial charge in [-0.25, -0.2) is 8.42 Å². The number of methoxy groups -OCH3 is 1. The van der Waals surface area contributed by atoms with E-state index in [9.17, 15) is 13.2 Å². The molecule has 4 aromatic rings. The molecule has 0 aliphatic heterocycles. The van der Waals surface area contributed by atoms with Crippen molar-refractivity contribution in [1.29, 1.82) is 0 Å². The molecular weight excluding hydrogens is 504 g/mol. The number of aromatic nitrogens is 2. The predicted molar refractivity (Wildman–Crippen MR) is 145 cm³/mol. The van der Waals surface area contributed by atoms with Crippen molar-refractivity contribution in [1.82, 2.24) is 15.0 Å². The normalized spacial score (nSPS) is 11.3. The number of benzene rings is 3. The lowest BCUT2D eigenvalue weighted by atomic mass is 10.1. The zero-order valence-corrected chi connectivity index (χ0v) is 22.8. The van der Waals surface area contributed by atoms with Gasteiger partial charge in [-0.3, -0.25) is 9.10 Å². The van der Waals surface area contributed by atoms with Gasteiger partial charge in [0.25, 0.3) is 5.91 Å². The van der Waals surface area contributed by atoms with Gasteiger partial charge in [-0.1, -0.05) is 41.6 Å². The van der Waals surface area contributed by atoms with E-state index in [0.29, 0.717) is 28.7 Å². The van der Waals surface area contributed by atoms with Crippen LogP contribution in [-0.4, -0.2) is 49.8 Å². The molecule has 0 saturated heterocycles. The number of amides is 1. The van der Waals surface area contributed by atoms with Crippen LogP contribution in [0, 0.1) is 13.8 Å². The lowest BCUT2D eigenvalue weighted by molar-refractivity contribution is 0.0769. The first-order chi connectivity index (χ1) is 18.0. The molecule has 0 aliphatic carbocycles. The number of aryl methyl sites for hydroxylation is 2. The molecule has 0 radical (unpaired) electrons. The van der Waals surface area contributed by atoms with E-state index in [4.69, 9.17) is 9.26 Å². The summed E-state index contributed by atoms with van der Waals surface area (Å²) in [6.45, 7) is 4.09. The van der Waals surface area contributed by atoms with Crippen LogP contribution in [0.15, 0.2) is 71.3 Å². The summed E-state index contributed by atoms with van der Waals surface area (Å²) in [6.07, 6.45) is 1.19. The largest absolute Gasteiger partial charge is 0.497 e. The Morgan fingerprint density at radius 3 is 2.42 bits per heavy atom. The molecule has 1 amide bonds. The number of sulfonamides is 1. The second kappa shape index (κ2) is 11.1. The second-order valence-electron chi connectivity index (χ2n) is 9.16. The molecule has 0 aliphatic rings. The third-order valence-corrected chi connectivity index (χ3v) is 7.20. The maximum Gasteiger partial charge on any atom is 0.254 e. The first-order valence-corrected chi connectivity index (χ1v) is 13.8. The third-order valence-electron chi connectivity index (χ3n) is 6.08. The molecule has 0 unspecified atom stereocenters. The minimum atomic E-state index is -3.52. The van der Waals surface area contributed by atoms with E-state index < -0.39 is 10.0 Å². The maximum atomic E-state index is 13.0. The van der Waals surface area contributed by atoms with Crippen molar-refractivity contribution in [3.63, 3.8) is 0 Å². The SMILES string of the molecule is COc1cccc(-c2noc(CN(C)C(=O)c3ccc(CN(c4cc(C)ccc4C)S(C)(=O)=O)cc3)n2)c1. The Labute approximate surface area is 222 Å². The zero-order valence-electron chi connectivity index (χ0n) is 22.0. The van der Waals surface area contributed by atoms with Crippen LogP contribution in [0.1, 0.15) is 32.9 Å². The number of carbonyl (C=O) groups excluding carboxylic acids is 1. The van der Waals surface area contributed by atoms with Gasteiger partial charge in [0.05, 0.1) is 32.1 Å². The molecule has 0 N–H and O–H groups in total. The van der Waals surface area contributed by atoms with E-state index >= 15 is 0 Å². The number of hydrogen-bond acceptors (Lipinski definition) is 7. The molecule has 9 nitrogen and oxygen atoms in total. The average molecular weight is 535 g/mol. The molecule has 0 atom stereocenters. The van der Waals surface area contributed by atoms with Gasteiger partial charge in [-0.2, -0.15) is 4.98 Å². The van der Waals surface area contributed by atoms with Crippen LogP contribution in [0.2, 0.25) is 0 Å². The lowest BCUT2D eigenvalue weighted by Crippen LogP contribution is -2.30. The Bertz CT molecular complexity index is 1550. The molecule has 1 heterocycles. The Hall–Kier alpha value is -4.18. The number of anilines is 1. The van der Waals surface area contributed by atoms with E-state index in [1.807, 2.05) is 50.2 Å². The summed E-state index contributed by atoms with van der Waals surface area (Å²) in [7, 11) is -0.290. The van der Waals surface area contributed by atoms with Gasteiger partial charge >= 0.3 is 0 Å².